The van der Waals surface area contributed by atoms with Crippen molar-refractivity contribution in [3.63, 3.8) is 0 Å². The number of ether oxygens (including phenoxy) is 1. The molecule has 5 N–H and O–H groups in total. The molecule has 0 radical (unpaired) electrons. The minimum atomic E-state index is -0.898. The third kappa shape index (κ3) is 12.6. The quantitative estimate of drug-likeness (QED) is 0.0674. The van der Waals surface area contributed by atoms with Crippen LogP contribution in [0.3, 0.4) is 0 Å². The van der Waals surface area contributed by atoms with Crippen LogP contribution in [0.25, 0.3) is 11.1 Å². The highest BCUT2D eigenvalue weighted by molar-refractivity contribution is 5.93. The van der Waals surface area contributed by atoms with E-state index < -0.39 is 30.0 Å². The maximum Gasteiger partial charge on any atom is 0.407 e. The van der Waals surface area contributed by atoms with E-state index in [9.17, 15) is 24.0 Å². The number of rotatable bonds is 20. The summed E-state index contributed by atoms with van der Waals surface area (Å²) in [5.41, 5.74) is 9.51. The smallest absolute Gasteiger partial charge is 0.407 e. The van der Waals surface area contributed by atoms with Crippen molar-refractivity contribution in [1.29, 1.82) is 0 Å². The van der Waals surface area contributed by atoms with E-state index in [-0.39, 0.29) is 62.4 Å². The molecule has 12 nitrogen and oxygen atoms in total. The molecule has 3 rings (SSSR count). The topological polar surface area (TPSA) is 175 Å². The molecule has 4 amide bonds. The summed E-state index contributed by atoms with van der Waals surface area (Å²) < 4.78 is 5.66. The molecule has 262 valence electrons. The van der Waals surface area contributed by atoms with Crippen LogP contribution in [-0.4, -0.2) is 69.1 Å². The summed E-state index contributed by atoms with van der Waals surface area (Å²) in [7, 11) is 1.41. The Labute approximate surface area is 283 Å². The van der Waals surface area contributed by atoms with E-state index in [1.807, 2.05) is 48.5 Å². The van der Waals surface area contributed by atoms with Crippen molar-refractivity contribution in [1.82, 2.24) is 16.0 Å². The van der Waals surface area contributed by atoms with Gasteiger partial charge in [0.25, 0.3) is 0 Å². The molecule has 0 saturated carbocycles. The van der Waals surface area contributed by atoms with Crippen LogP contribution in [0, 0.1) is 11.8 Å². The number of fused-ring (bicyclic) bond motifs is 3. The SMILES string of the molecule is C=C.COOCCCCC(=O)CNC(=O)C(CCCNC(N)=O)CC(=O)C(NC(=O)OCC1c2ccccc2-c2ccccc21)C(C)C. The zero-order chi connectivity index (χ0) is 35.5. The molecule has 12 heteroatoms. The van der Waals surface area contributed by atoms with Gasteiger partial charge in [-0.3, -0.25) is 14.4 Å². The summed E-state index contributed by atoms with van der Waals surface area (Å²) in [5.74, 6) is -2.13. The van der Waals surface area contributed by atoms with Gasteiger partial charge in [-0.1, -0.05) is 62.4 Å². The summed E-state index contributed by atoms with van der Waals surface area (Å²) in [6, 6.07) is 14.4. The van der Waals surface area contributed by atoms with E-state index in [2.05, 4.69) is 34.0 Å². The molecule has 0 bridgehead atoms. The van der Waals surface area contributed by atoms with Crippen LogP contribution in [0.1, 0.15) is 69.4 Å². The molecular formula is C36H50N4O8. The summed E-state index contributed by atoms with van der Waals surface area (Å²) >= 11 is 0. The Kier molecular flexibility index (Phi) is 17.6. The fourth-order valence-corrected chi connectivity index (χ4v) is 5.63. The molecule has 0 aromatic heterocycles. The maximum atomic E-state index is 13.5. The number of unbranched alkanes of at least 4 members (excludes halogenated alkanes) is 1. The van der Waals surface area contributed by atoms with Gasteiger partial charge in [0.15, 0.2) is 11.6 Å². The summed E-state index contributed by atoms with van der Waals surface area (Å²) in [6.07, 6.45) is 1.23. The van der Waals surface area contributed by atoms with Gasteiger partial charge in [-0.25, -0.2) is 19.4 Å². The molecule has 2 unspecified atom stereocenters. The Morgan fingerprint density at radius 2 is 1.52 bits per heavy atom. The lowest BCUT2D eigenvalue weighted by Gasteiger charge is -2.24. The van der Waals surface area contributed by atoms with Crippen molar-refractivity contribution in [2.24, 2.45) is 17.6 Å². The van der Waals surface area contributed by atoms with Gasteiger partial charge >= 0.3 is 12.1 Å². The van der Waals surface area contributed by atoms with Crippen LogP contribution in [0.2, 0.25) is 0 Å². The van der Waals surface area contributed by atoms with E-state index in [1.54, 1.807) is 13.8 Å². The normalized spacial score (nSPS) is 12.8. The van der Waals surface area contributed by atoms with Gasteiger partial charge < -0.3 is 26.4 Å². The second kappa shape index (κ2) is 21.3. The van der Waals surface area contributed by atoms with Gasteiger partial charge in [0, 0.05) is 31.2 Å². The molecular weight excluding hydrogens is 616 g/mol. The molecule has 0 saturated heterocycles. The number of urea groups is 1. The largest absolute Gasteiger partial charge is 0.449 e. The minimum Gasteiger partial charge on any atom is -0.449 e. The lowest BCUT2D eigenvalue weighted by molar-refractivity contribution is -0.272. The standard InChI is InChI=1S/C34H46N4O8.C2H4/c1-22(2)31(38-34(43)45-21-29-27-15-6-4-13-25(27)26-14-5-7-16-28(26)29)30(40)19-23(11-10-17-36-33(35)42)32(41)37-20-24(39)12-8-9-18-46-44-3;1-2/h4-7,13-16,22-23,29,31H,8-12,17-21H2,1-3H3,(H,37,41)(H,38,43)(H3,35,36,42);1-2H2. The Bertz CT molecular complexity index is 1320. The monoisotopic (exact) mass is 666 g/mol. The number of carbonyl (C=O) groups excluding carboxylic acids is 5. The van der Waals surface area contributed by atoms with Crippen LogP contribution in [0.4, 0.5) is 9.59 Å². The minimum absolute atomic E-state index is 0.101. The first-order valence-electron chi connectivity index (χ1n) is 16.2. The Hall–Kier alpha value is -4.55. The summed E-state index contributed by atoms with van der Waals surface area (Å²) in [4.78, 5) is 72.3. The second-order valence-electron chi connectivity index (χ2n) is 11.7. The number of nitrogens with one attached hydrogen (secondary N) is 3. The van der Waals surface area contributed by atoms with Gasteiger partial charge in [0.1, 0.15) is 6.61 Å². The van der Waals surface area contributed by atoms with Gasteiger partial charge in [-0.2, -0.15) is 0 Å². The van der Waals surface area contributed by atoms with Crippen molar-refractivity contribution in [3.8, 4) is 11.1 Å². The first kappa shape index (κ1) is 39.6. The number of alkyl carbamates (subject to hydrolysis) is 1. The number of amides is 4. The lowest BCUT2D eigenvalue weighted by Crippen LogP contribution is -2.46. The zero-order valence-corrected chi connectivity index (χ0v) is 28.3. The van der Waals surface area contributed by atoms with Crippen molar-refractivity contribution in [3.05, 3.63) is 72.8 Å². The first-order valence-corrected chi connectivity index (χ1v) is 16.2. The zero-order valence-electron chi connectivity index (χ0n) is 28.3. The fourth-order valence-electron chi connectivity index (χ4n) is 5.63. The van der Waals surface area contributed by atoms with Crippen molar-refractivity contribution < 1.29 is 38.5 Å². The number of Topliss-reactive ketones (excluding diaryl/α,β-unsaturated/α-hetero) is 2. The highest BCUT2D eigenvalue weighted by atomic mass is 17.2. The highest BCUT2D eigenvalue weighted by Gasteiger charge is 2.32. The van der Waals surface area contributed by atoms with Gasteiger partial charge in [-0.05, 0) is 53.9 Å². The van der Waals surface area contributed by atoms with Gasteiger partial charge in [-0.15, -0.1) is 13.2 Å². The average Bonchev–Trinajstić information content (AvgIpc) is 3.40. The third-order valence-corrected chi connectivity index (χ3v) is 7.99. The van der Waals surface area contributed by atoms with Crippen LogP contribution < -0.4 is 21.7 Å². The second-order valence-corrected chi connectivity index (χ2v) is 11.7. The number of nitrogens with two attached hydrogens (primary N) is 1. The number of hydrogen-bond acceptors (Lipinski definition) is 8. The Morgan fingerprint density at radius 3 is 2.10 bits per heavy atom. The van der Waals surface area contributed by atoms with E-state index in [0.717, 1.165) is 22.3 Å². The van der Waals surface area contributed by atoms with Crippen LogP contribution in [0.5, 0.6) is 0 Å². The Balaban J connectivity index is 0.00000392. The first-order chi connectivity index (χ1) is 23.1. The van der Waals surface area contributed by atoms with Crippen LogP contribution >= 0.6 is 0 Å². The molecule has 0 fully saturated rings. The summed E-state index contributed by atoms with van der Waals surface area (Å²) in [6.45, 7) is 10.1. The van der Waals surface area contributed by atoms with Crippen molar-refractivity contribution in [2.45, 2.75) is 64.3 Å². The molecule has 0 aliphatic heterocycles. The van der Waals surface area contributed by atoms with Gasteiger partial charge in [0.05, 0.1) is 26.3 Å². The molecule has 1 aliphatic carbocycles. The molecule has 1 aliphatic rings. The van der Waals surface area contributed by atoms with Crippen LogP contribution in [0.15, 0.2) is 61.7 Å². The Morgan fingerprint density at radius 1 is 0.896 bits per heavy atom. The maximum absolute atomic E-state index is 13.5. The predicted molar refractivity (Wildman–Crippen MR) is 183 cm³/mol. The van der Waals surface area contributed by atoms with E-state index in [4.69, 9.17) is 15.4 Å². The van der Waals surface area contributed by atoms with Gasteiger partial charge in [0.2, 0.25) is 5.91 Å². The van der Waals surface area contributed by atoms with E-state index >= 15 is 0 Å². The molecule has 2 aromatic rings. The van der Waals surface area contributed by atoms with E-state index in [1.165, 1.54) is 7.11 Å². The highest BCUT2D eigenvalue weighted by Crippen LogP contribution is 2.44. The number of hydrogen-bond donors (Lipinski definition) is 4. The third-order valence-electron chi connectivity index (χ3n) is 7.99. The average molecular weight is 667 g/mol. The molecule has 0 spiro atoms. The van der Waals surface area contributed by atoms with Crippen molar-refractivity contribution >= 4 is 29.6 Å². The fraction of sp³-hybridized carbons (Fsp3) is 0.472. The van der Waals surface area contributed by atoms with Crippen LogP contribution in [-0.2, 0) is 28.9 Å². The van der Waals surface area contributed by atoms with Crippen molar-refractivity contribution in [2.75, 3.05) is 33.4 Å². The number of carbonyl (C=O) groups is 5. The lowest BCUT2D eigenvalue weighted by atomic mass is 9.89. The molecule has 2 aromatic carbocycles. The molecule has 48 heavy (non-hydrogen) atoms. The predicted octanol–water partition coefficient (Wildman–Crippen LogP) is 4.81. The molecule has 2 atom stereocenters. The molecule has 0 heterocycles. The number of benzene rings is 2. The number of primary amides is 1. The van der Waals surface area contributed by atoms with E-state index in [0.29, 0.717) is 25.9 Å². The number of ketones is 2. The summed E-state index contributed by atoms with van der Waals surface area (Å²) in [5, 5.41) is 7.83.